The molecule has 0 spiro atoms. The molecule has 0 aromatic carbocycles. The molecule has 0 atom stereocenters. The molecule has 0 rings (SSSR count). The van der Waals surface area contributed by atoms with Gasteiger partial charge in [-0.1, -0.05) is 0 Å². The summed E-state index contributed by atoms with van der Waals surface area (Å²) in [5.41, 5.74) is 0. The van der Waals surface area contributed by atoms with Gasteiger partial charge in [-0.25, -0.2) is 0 Å². The van der Waals surface area contributed by atoms with Gasteiger partial charge in [-0.2, -0.15) is 0 Å². The number of hydrogen-bond donors (Lipinski definition) is 0. The summed E-state index contributed by atoms with van der Waals surface area (Å²) in [7, 11) is 0. The van der Waals surface area contributed by atoms with Crippen LogP contribution in [0.3, 0.4) is 0 Å². The molecule has 0 radical (unpaired) electrons. The minimum absolute atomic E-state index is 0.0972. The first kappa shape index (κ1) is 5.91. The third kappa shape index (κ3) is 50.0. The zero-order valence-electron chi connectivity index (χ0n) is 3.59. The summed E-state index contributed by atoms with van der Waals surface area (Å²) in [6.07, 6.45) is 0. The predicted octanol–water partition coefficient (Wildman–Crippen LogP) is 1.51. The monoisotopic (exact) mass is 141 g/mol. The normalized spacial score (nSPS) is 12.2. The van der Waals surface area contributed by atoms with E-state index in [9.17, 15) is 0 Å². The number of rotatable bonds is 0. The van der Waals surface area contributed by atoms with E-state index >= 15 is 0 Å². The van der Waals surface area contributed by atoms with Gasteiger partial charge >= 0.3 is 47.2 Å². The Labute approximate surface area is 47.6 Å². The van der Waals surface area contributed by atoms with Crippen molar-refractivity contribution in [2.75, 3.05) is 0 Å². The van der Waals surface area contributed by atoms with Gasteiger partial charge in [-0.3, -0.25) is 0 Å². The molecule has 2 heteroatoms. The van der Waals surface area contributed by atoms with E-state index in [-0.39, 0.29) is 3.47 Å². The average molecular weight is 143 g/mol. The molecule has 0 saturated carbocycles. The van der Waals surface area contributed by atoms with Crippen LogP contribution in [0.1, 0.15) is 13.8 Å². The Kier molecular flexibility index (Phi) is 1.86. The zero-order chi connectivity index (χ0) is 4.50. The number of alkyl halides is 1. The van der Waals surface area contributed by atoms with Crippen molar-refractivity contribution in [2.45, 2.75) is 17.3 Å². The van der Waals surface area contributed by atoms with Crippen LogP contribution in [0.5, 0.6) is 0 Å². The van der Waals surface area contributed by atoms with Crippen LogP contribution < -0.4 is 0 Å². The first-order valence-electron chi connectivity index (χ1n) is 1.54. The molecular formula is C3H6ClZn. The van der Waals surface area contributed by atoms with E-state index in [2.05, 4.69) is 0 Å². The van der Waals surface area contributed by atoms with Crippen molar-refractivity contribution in [3.05, 3.63) is 0 Å². The Balaban J connectivity index is 3.02. The van der Waals surface area contributed by atoms with Crippen LogP contribution in [0.2, 0.25) is 0 Å². The van der Waals surface area contributed by atoms with Crippen molar-refractivity contribution < 1.29 is 18.3 Å². The van der Waals surface area contributed by atoms with Gasteiger partial charge in [0.2, 0.25) is 0 Å². The molecule has 0 fully saturated rings. The maximum absolute atomic E-state index is 5.59. The van der Waals surface area contributed by atoms with Crippen molar-refractivity contribution in [3.8, 4) is 0 Å². The van der Waals surface area contributed by atoms with Crippen LogP contribution in [0.25, 0.3) is 0 Å². The van der Waals surface area contributed by atoms with E-state index in [1.54, 1.807) is 0 Å². The van der Waals surface area contributed by atoms with E-state index in [4.69, 9.17) is 11.6 Å². The maximum atomic E-state index is 5.59. The predicted molar refractivity (Wildman–Crippen MR) is 19.9 cm³/mol. The van der Waals surface area contributed by atoms with Crippen molar-refractivity contribution in [1.82, 2.24) is 0 Å². The summed E-state index contributed by atoms with van der Waals surface area (Å²) >= 11 is 6.75. The zero-order valence-corrected chi connectivity index (χ0v) is 7.31. The molecule has 0 heterocycles. The van der Waals surface area contributed by atoms with Gasteiger partial charge in [0.25, 0.3) is 0 Å². The quantitative estimate of drug-likeness (QED) is 0.356. The molecule has 0 aliphatic heterocycles. The molecule has 0 aromatic rings. The van der Waals surface area contributed by atoms with Crippen LogP contribution in [0.15, 0.2) is 0 Å². The number of hydrogen-bond acceptors (Lipinski definition) is 0. The summed E-state index contributed by atoms with van der Waals surface area (Å²) < 4.78 is 0.0972. The molecule has 0 N–H and O–H groups in total. The van der Waals surface area contributed by atoms with Crippen LogP contribution in [-0.4, -0.2) is 3.47 Å². The molecule has 0 saturated heterocycles. The van der Waals surface area contributed by atoms with Gasteiger partial charge in [0.15, 0.2) is 0 Å². The van der Waals surface area contributed by atoms with Gasteiger partial charge in [0.1, 0.15) is 0 Å². The first-order chi connectivity index (χ1) is 2.00. The molecule has 27 valence electrons. The molecule has 0 bridgehead atoms. The van der Waals surface area contributed by atoms with Gasteiger partial charge in [0, 0.05) is 0 Å². The van der Waals surface area contributed by atoms with Crippen LogP contribution in [0.4, 0.5) is 0 Å². The Morgan fingerprint density at radius 3 is 1.60 bits per heavy atom. The molecule has 0 aromatic heterocycles. The summed E-state index contributed by atoms with van der Waals surface area (Å²) in [5, 5.41) is 0. The third-order valence-corrected chi connectivity index (χ3v) is 0. The van der Waals surface area contributed by atoms with Gasteiger partial charge < -0.3 is 0 Å². The standard InChI is InChI=1S/C3H6Cl.Zn/c1-3(2)4;/h1-2H3;. The van der Waals surface area contributed by atoms with E-state index in [1.807, 2.05) is 13.8 Å². The number of halogens is 1. The van der Waals surface area contributed by atoms with Crippen LogP contribution in [-0.2, 0) is 18.3 Å². The average Bonchev–Trinajstić information content (AvgIpc) is 0.722. The van der Waals surface area contributed by atoms with E-state index in [0.717, 1.165) is 18.3 Å². The summed E-state index contributed by atoms with van der Waals surface area (Å²) in [6.45, 7) is 4.02. The molecule has 0 aliphatic carbocycles. The summed E-state index contributed by atoms with van der Waals surface area (Å²) in [4.78, 5) is 0. The fraction of sp³-hybridized carbons (Fsp3) is 1.00. The first-order valence-corrected chi connectivity index (χ1v) is 3.40. The second-order valence-electron chi connectivity index (χ2n) is 1.72. The van der Waals surface area contributed by atoms with Crippen molar-refractivity contribution in [1.29, 1.82) is 0 Å². The molecular weight excluding hydrogens is 137 g/mol. The topological polar surface area (TPSA) is 0 Å². The van der Waals surface area contributed by atoms with Crippen molar-refractivity contribution in [2.24, 2.45) is 0 Å². The third-order valence-electron chi connectivity index (χ3n) is 0. The van der Waals surface area contributed by atoms with Gasteiger partial charge in [-0.15, -0.1) is 0 Å². The van der Waals surface area contributed by atoms with E-state index in [0.29, 0.717) is 0 Å². The van der Waals surface area contributed by atoms with E-state index < -0.39 is 0 Å². The second-order valence-corrected chi connectivity index (χ2v) is 7.39. The Morgan fingerprint density at radius 2 is 1.60 bits per heavy atom. The van der Waals surface area contributed by atoms with Crippen LogP contribution in [0, 0.1) is 0 Å². The molecule has 5 heavy (non-hydrogen) atoms. The minimum atomic E-state index is 0.0972. The summed E-state index contributed by atoms with van der Waals surface area (Å²) in [6, 6.07) is 0. The fourth-order valence-corrected chi connectivity index (χ4v) is 0. The van der Waals surface area contributed by atoms with Crippen LogP contribution >= 0.6 is 11.6 Å². The van der Waals surface area contributed by atoms with Gasteiger partial charge in [0.05, 0.1) is 0 Å². The Hall–Kier alpha value is 0.913. The van der Waals surface area contributed by atoms with Crippen molar-refractivity contribution >= 4 is 11.6 Å². The van der Waals surface area contributed by atoms with Gasteiger partial charge in [-0.05, 0) is 0 Å². The second kappa shape index (κ2) is 1.57. The van der Waals surface area contributed by atoms with E-state index in [1.165, 1.54) is 0 Å². The summed E-state index contributed by atoms with van der Waals surface area (Å²) in [5.74, 6) is 0. The molecule has 0 nitrogen and oxygen atoms in total. The Bertz CT molecular complexity index is 22.4. The fourth-order valence-electron chi connectivity index (χ4n) is 0. The molecule has 0 amide bonds. The SMILES string of the molecule is C[C](C)(Cl)[Zn]. The molecule has 0 aliphatic rings. The Morgan fingerprint density at radius 1 is 1.60 bits per heavy atom. The van der Waals surface area contributed by atoms with Crippen molar-refractivity contribution in [3.63, 3.8) is 0 Å². The molecule has 0 unspecified atom stereocenters.